The number of carbonyl (C=O) groups is 3. The largest absolute Gasteiger partial charge is 0.391 e. The molecule has 1 saturated carbocycles. The molecule has 19 nitrogen and oxygen atoms in total. The van der Waals surface area contributed by atoms with Crippen LogP contribution in [0.25, 0.3) is 27.3 Å². The number of hydrogen-bond donors (Lipinski definition) is 5. The van der Waals surface area contributed by atoms with Crippen molar-refractivity contribution in [2.45, 2.75) is 123 Å². The normalized spacial score (nSPS) is 20.9. The van der Waals surface area contributed by atoms with Crippen LogP contribution in [0.2, 0.25) is 0 Å². The van der Waals surface area contributed by atoms with Gasteiger partial charge in [0.2, 0.25) is 23.7 Å². The number of likely N-dealkylation sites (tertiary alicyclic amines) is 2. The number of aliphatic hydroxyl groups is 2. The number of benzene rings is 2. The van der Waals surface area contributed by atoms with Crippen molar-refractivity contribution in [3.63, 3.8) is 0 Å². The molecule has 5 N–H and O–H groups in total. The minimum atomic E-state index is -1.18. The number of allylic oxidation sites excluding steroid dienone is 1. The molecule has 2 aromatic carbocycles. The maximum atomic E-state index is 14.2. The first-order valence-corrected chi connectivity index (χ1v) is 29.1. The third-order valence-corrected chi connectivity index (χ3v) is 17.4. The zero-order valence-corrected chi connectivity index (χ0v) is 47.8. The topological polar surface area (TPSA) is 219 Å². The van der Waals surface area contributed by atoms with Crippen LogP contribution in [0.4, 0.5) is 17.3 Å². The van der Waals surface area contributed by atoms with E-state index < -0.39 is 29.2 Å². The summed E-state index contributed by atoms with van der Waals surface area (Å²) in [4.78, 5) is 83.4. The lowest BCUT2D eigenvalue weighted by Crippen LogP contribution is -2.59. The van der Waals surface area contributed by atoms with Crippen LogP contribution in [0.3, 0.4) is 0 Å². The van der Waals surface area contributed by atoms with Crippen molar-refractivity contribution in [2.24, 2.45) is 17.3 Å². The number of thiazole rings is 1. The maximum Gasteiger partial charge on any atom is 0.278 e. The van der Waals surface area contributed by atoms with Crippen molar-refractivity contribution in [1.29, 1.82) is 0 Å². The summed E-state index contributed by atoms with van der Waals surface area (Å²) < 4.78 is 3.16. The Bertz CT molecular complexity index is 3230. The molecule has 4 aliphatic rings. The van der Waals surface area contributed by atoms with E-state index in [0.29, 0.717) is 46.9 Å². The summed E-state index contributed by atoms with van der Waals surface area (Å²) in [5, 5.41) is 31.1. The fraction of sp³-hybridized carbons (Fsp3) is 0.500. The van der Waals surface area contributed by atoms with Gasteiger partial charge >= 0.3 is 0 Å². The van der Waals surface area contributed by atoms with Gasteiger partial charge in [-0.3, -0.25) is 29.0 Å². The lowest BCUT2D eigenvalue weighted by atomic mass is 9.82. The van der Waals surface area contributed by atoms with Crippen LogP contribution >= 0.6 is 11.3 Å². The number of aliphatic hydroxyl groups excluding tert-OH is 1. The zero-order valence-electron chi connectivity index (χ0n) is 47.0. The molecule has 0 spiro atoms. The van der Waals surface area contributed by atoms with Gasteiger partial charge < -0.3 is 36.0 Å². The number of carbonyl (C=O) groups excluding carboxylic acids is 3. The first-order chi connectivity index (χ1) is 38.3. The smallest absolute Gasteiger partial charge is 0.278 e. The molecule has 7 heterocycles. The molecule has 20 heteroatoms. The second-order valence-electron chi connectivity index (χ2n) is 24.0. The quantitative estimate of drug-likeness (QED) is 0.0591. The number of pyridine rings is 1. The van der Waals surface area contributed by atoms with Crippen molar-refractivity contribution < 1.29 is 24.6 Å². The van der Waals surface area contributed by atoms with Crippen molar-refractivity contribution in [3.05, 3.63) is 118 Å². The molecule has 0 bridgehead atoms. The van der Waals surface area contributed by atoms with E-state index in [9.17, 15) is 29.4 Å². The highest BCUT2D eigenvalue weighted by atomic mass is 32.1. The molecule has 4 fully saturated rings. The number of piperazine rings is 1. The Kier molecular flexibility index (Phi) is 16.7. The van der Waals surface area contributed by atoms with Gasteiger partial charge in [-0.05, 0) is 111 Å². The van der Waals surface area contributed by atoms with Crippen molar-refractivity contribution >= 4 is 57.4 Å². The van der Waals surface area contributed by atoms with Crippen molar-refractivity contribution in [3.8, 4) is 16.3 Å². The number of anilines is 3. The van der Waals surface area contributed by atoms with Gasteiger partial charge in [0.25, 0.3) is 5.56 Å². The Morgan fingerprint density at radius 2 is 1.61 bits per heavy atom. The van der Waals surface area contributed by atoms with Gasteiger partial charge in [0.05, 0.1) is 34.4 Å². The fourth-order valence-electron chi connectivity index (χ4n) is 11.9. The van der Waals surface area contributed by atoms with Crippen LogP contribution in [0.15, 0.2) is 95.9 Å². The highest BCUT2D eigenvalue weighted by Crippen LogP contribution is 2.35. The average molecular weight is 1110 g/mol. The van der Waals surface area contributed by atoms with E-state index in [4.69, 9.17) is 4.98 Å². The summed E-state index contributed by atoms with van der Waals surface area (Å²) in [5.74, 6) is 0.849. The van der Waals surface area contributed by atoms with E-state index in [1.54, 1.807) is 54.1 Å². The molecular weight excluding hydrogens is 1030 g/mol. The van der Waals surface area contributed by atoms with Crippen molar-refractivity contribution in [2.75, 3.05) is 62.6 Å². The molecule has 3 amide bonds. The van der Waals surface area contributed by atoms with Gasteiger partial charge in [-0.1, -0.05) is 57.2 Å². The van der Waals surface area contributed by atoms with Crippen LogP contribution in [0, 0.1) is 24.2 Å². The summed E-state index contributed by atoms with van der Waals surface area (Å²) >= 11 is 1.59. The van der Waals surface area contributed by atoms with Crippen LogP contribution in [-0.4, -0.2) is 149 Å². The van der Waals surface area contributed by atoms with E-state index in [0.717, 1.165) is 91.7 Å². The van der Waals surface area contributed by atoms with Crippen molar-refractivity contribution in [1.82, 2.24) is 54.6 Å². The zero-order chi connectivity index (χ0) is 56.5. The first kappa shape index (κ1) is 56.4. The molecule has 3 atom stereocenters. The second kappa shape index (κ2) is 23.7. The van der Waals surface area contributed by atoms with E-state index in [2.05, 4.69) is 64.3 Å². The number of nitrogens with zero attached hydrogens (tertiary/aromatic N) is 10. The highest BCUT2D eigenvalue weighted by molar-refractivity contribution is 7.13. The molecule has 6 aromatic rings. The number of aryl methyl sites for hydroxylation is 1. The van der Waals surface area contributed by atoms with Crippen LogP contribution in [0.5, 0.6) is 0 Å². The molecule has 424 valence electrons. The van der Waals surface area contributed by atoms with Crippen LogP contribution in [0.1, 0.15) is 90.1 Å². The van der Waals surface area contributed by atoms with Gasteiger partial charge in [0.15, 0.2) is 11.5 Å². The summed E-state index contributed by atoms with van der Waals surface area (Å²) in [7, 11) is 0. The number of nitrogens with one attached hydrogen (secondary N) is 3. The second-order valence-corrected chi connectivity index (χ2v) is 24.8. The Morgan fingerprint density at radius 3 is 2.27 bits per heavy atom. The first-order valence-electron chi connectivity index (χ1n) is 28.2. The Morgan fingerprint density at radius 1 is 0.887 bits per heavy atom. The number of rotatable bonds is 18. The standard InChI is InChI=1S/C60H77N13O6S/c1-8-24-72-56(77)47-32-62-58(67-54(47)73(72)50-11-9-10-49(65-50)60(6,7)79)64-43-18-22-44(23-19-43)69-27-25-68(26-28-69)33-40-14-20-45(21-15-40)70-34-41(35-70)29-51(75)66-53(59(3,4)5)57(78)71-36-46(74)30-48(71)55(76)61-31-39-12-16-42(17-13-39)52-38(2)63-37-80-52/h8-13,16-19,22-23,32,37,40-41,45-46,48,53,74,79H,1,14-15,20-21,24-31,33-36H2,2-7H3,(H,61,76)(H,66,75)(H,62,64,67). The summed E-state index contributed by atoms with van der Waals surface area (Å²) in [6, 6.07) is 20.4. The van der Waals surface area contributed by atoms with Gasteiger partial charge in [-0.25, -0.2) is 24.3 Å². The molecule has 80 heavy (non-hydrogen) atoms. The SMILES string of the molecule is C=CCn1c(=O)c2cnc(Nc3ccc(N4CCN(CC5CCC(N6CC(CC(=O)NC(C(=O)N7CC(O)CC7C(=O)NCc7ccc(-c8scnc8C)cc7)C(C)(C)C)C6)CC5)CC4)cc3)nc2n1-c1cccc(C(C)(C)O)n1. The molecule has 10 rings (SSSR count). The van der Waals surface area contributed by atoms with Crippen LogP contribution in [-0.2, 0) is 33.1 Å². The fourth-order valence-corrected chi connectivity index (χ4v) is 12.7. The minimum absolute atomic E-state index is 0.0376. The van der Waals surface area contributed by atoms with E-state index in [1.807, 2.05) is 69.6 Å². The number of β-amino-alcohol motifs (C(OH)–C–C–N with tert-alkyl or cyclic N) is 1. The molecule has 3 unspecified atom stereocenters. The van der Waals surface area contributed by atoms with Gasteiger partial charge in [0, 0.05) is 95.4 Å². The minimum Gasteiger partial charge on any atom is -0.391 e. The molecular formula is C60H77N13O6S. The predicted molar refractivity (Wildman–Crippen MR) is 312 cm³/mol. The molecule has 1 aliphatic carbocycles. The number of hydrogen-bond acceptors (Lipinski definition) is 15. The summed E-state index contributed by atoms with van der Waals surface area (Å²) in [5.41, 5.74) is 5.56. The summed E-state index contributed by atoms with van der Waals surface area (Å²) in [6.07, 6.45) is 7.54. The molecule has 4 aromatic heterocycles. The average Bonchev–Trinajstić information content (AvgIpc) is 4.12. The number of fused-ring (bicyclic) bond motifs is 1. The van der Waals surface area contributed by atoms with Gasteiger partial charge in [-0.15, -0.1) is 17.9 Å². The van der Waals surface area contributed by atoms with E-state index >= 15 is 0 Å². The number of amides is 3. The summed E-state index contributed by atoms with van der Waals surface area (Å²) in [6.45, 7) is 22.2. The van der Waals surface area contributed by atoms with Gasteiger partial charge in [0.1, 0.15) is 23.1 Å². The molecule has 3 aliphatic heterocycles. The number of aromatic nitrogens is 6. The molecule has 0 radical (unpaired) electrons. The van der Waals surface area contributed by atoms with Crippen LogP contribution < -0.4 is 26.4 Å². The monoisotopic (exact) mass is 1110 g/mol. The lowest BCUT2D eigenvalue weighted by Gasteiger charge is -2.47. The maximum absolute atomic E-state index is 14.2. The predicted octanol–water partition coefficient (Wildman–Crippen LogP) is 6.38. The highest BCUT2D eigenvalue weighted by Gasteiger charge is 2.45. The van der Waals surface area contributed by atoms with E-state index in [-0.39, 0.29) is 55.3 Å². The Balaban J connectivity index is 0.646. The van der Waals surface area contributed by atoms with Gasteiger partial charge in [-0.2, -0.15) is 4.98 Å². The Labute approximate surface area is 472 Å². The lowest BCUT2D eigenvalue weighted by molar-refractivity contribution is -0.144. The Hall–Kier alpha value is -6.84. The molecule has 3 saturated heterocycles. The third-order valence-electron chi connectivity index (χ3n) is 16.4. The van der Waals surface area contributed by atoms with E-state index in [1.165, 1.54) is 28.6 Å². The third kappa shape index (κ3) is 12.7.